The molecular formula is C17H19N3O. The first kappa shape index (κ1) is 15.0. The Morgan fingerprint density at radius 3 is 2.67 bits per heavy atom. The van der Waals surface area contributed by atoms with Gasteiger partial charge in [-0.2, -0.15) is 5.26 Å². The second-order valence-electron chi connectivity index (χ2n) is 4.90. The summed E-state index contributed by atoms with van der Waals surface area (Å²) in [6, 6.07) is 15.2. The van der Waals surface area contributed by atoms with E-state index in [1.54, 1.807) is 12.1 Å². The standard InChI is InChI=1S/C17H19N3O/c1-20(14-16-5-2-3-10-19-16)11-4-12-21-17-8-6-15(13-18)7-9-17/h2-3,5-10H,4,11-12,14H2,1H3. The minimum Gasteiger partial charge on any atom is -0.494 e. The van der Waals surface area contributed by atoms with Crippen LogP contribution in [0.1, 0.15) is 17.7 Å². The normalized spacial score (nSPS) is 10.3. The molecule has 0 aliphatic heterocycles. The summed E-state index contributed by atoms with van der Waals surface area (Å²) in [5.41, 5.74) is 1.73. The van der Waals surface area contributed by atoms with Crippen molar-refractivity contribution in [2.24, 2.45) is 0 Å². The Balaban J connectivity index is 1.66. The van der Waals surface area contributed by atoms with E-state index in [1.165, 1.54) is 0 Å². The molecule has 4 heteroatoms. The Morgan fingerprint density at radius 1 is 1.19 bits per heavy atom. The maximum Gasteiger partial charge on any atom is 0.119 e. The Morgan fingerprint density at radius 2 is 2.00 bits per heavy atom. The van der Waals surface area contributed by atoms with Crippen LogP contribution in [-0.2, 0) is 6.54 Å². The van der Waals surface area contributed by atoms with Gasteiger partial charge < -0.3 is 9.64 Å². The van der Waals surface area contributed by atoms with Crippen LogP contribution in [0.25, 0.3) is 0 Å². The van der Waals surface area contributed by atoms with Gasteiger partial charge in [-0.3, -0.25) is 4.98 Å². The van der Waals surface area contributed by atoms with Crippen LogP contribution in [0.5, 0.6) is 5.75 Å². The van der Waals surface area contributed by atoms with Gasteiger partial charge in [-0.05, 0) is 49.9 Å². The molecule has 2 aromatic rings. The van der Waals surface area contributed by atoms with Gasteiger partial charge >= 0.3 is 0 Å². The van der Waals surface area contributed by atoms with Crippen molar-refractivity contribution < 1.29 is 4.74 Å². The third-order valence-electron chi connectivity index (χ3n) is 3.09. The number of nitriles is 1. The van der Waals surface area contributed by atoms with Crippen LogP contribution in [0.2, 0.25) is 0 Å². The molecule has 0 spiro atoms. The summed E-state index contributed by atoms with van der Waals surface area (Å²) >= 11 is 0. The number of nitrogens with zero attached hydrogens (tertiary/aromatic N) is 3. The van der Waals surface area contributed by atoms with Gasteiger partial charge in [0, 0.05) is 19.3 Å². The van der Waals surface area contributed by atoms with Crippen molar-refractivity contribution >= 4 is 0 Å². The first-order valence-corrected chi connectivity index (χ1v) is 6.99. The fourth-order valence-electron chi connectivity index (χ4n) is 2.00. The van der Waals surface area contributed by atoms with Crippen molar-refractivity contribution in [2.45, 2.75) is 13.0 Å². The SMILES string of the molecule is CN(CCCOc1ccc(C#N)cc1)Cc1ccccn1. The molecule has 21 heavy (non-hydrogen) atoms. The van der Waals surface area contributed by atoms with Gasteiger partial charge in [-0.1, -0.05) is 6.07 Å². The Bertz CT molecular complexity index is 575. The maximum absolute atomic E-state index is 8.72. The van der Waals surface area contributed by atoms with Gasteiger partial charge in [0.05, 0.1) is 23.9 Å². The zero-order valence-corrected chi connectivity index (χ0v) is 12.2. The van der Waals surface area contributed by atoms with E-state index in [2.05, 4.69) is 23.0 Å². The zero-order valence-electron chi connectivity index (χ0n) is 12.2. The molecule has 1 heterocycles. The number of hydrogen-bond donors (Lipinski definition) is 0. The van der Waals surface area contributed by atoms with E-state index in [0.29, 0.717) is 12.2 Å². The largest absolute Gasteiger partial charge is 0.494 e. The van der Waals surface area contributed by atoms with Crippen LogP contribution in [0.15, 0.2) is 48.7 Å². The third-order valence-corrected chi connectivity index (χ3v) is 3.09. The van der Waals surface area contributed by atoms with Crippen molar-refractivity contribution in [1.29, 1.82) is 5.26 Å². The molecule has 0 amide bonds. The number of ether oxygens (including phenoxy) is 1. The highest BCUT2D eigenvalue weighted by molar-refractivity contribution is 5.34. The lowest BCUT2D eigenvalue weighted by Gasteiger charge is -2.16. The molecule has 1 aromatic heterocycles. The molecule has 0 N–H and O–H groups in total. The second-order valence-corrected chi connectivity index (χ2v) is 4.90. The zero-order chi connectivity index (χ0) is 14.9. The Hall–Kier alpha value is -2.38. The van der Waals surface area contributed by atoms with Crippen molar-refractivity contribution in [3.63, 3.8) is 0 Å². The minimum absolute atomic E-state index is 0.650. The summed E-state index contributed by atoms with van der Waals surface area (Å²) in [5, 5.41) is 8.72. The van der Waals surface area contributed by atoms with E-state index in [4.69, 9.17) is 10.00 Å². The van der Waals surface area contributed by atoms with Gasteiger partial charge in [-0.15, -0.1) is 0 Å². The molecule has 0 bridgehead atoms. The lowest BCUT2D eigenvalue weighted by molar-refractivity contribution is 0.257. The van der Waals surface area contributed by atoms with Gasteiger partial charge in [0.25, 0.3) is 0 Å². The smallest absolute Gasteiger partial charge is 0.119 e. The molecule has 0 saturated heterocycles. The second kappa shape index (κ2) is 8.03. The molecule has 0 radical (unpaired) electrons. The lowest BCUT2D eigenvalue weighted by Crippen LogP contribution is -2.21. The molecule has 4 nitrogen and oxygen atoms in total. The molecule has 108 valence electrons. The fourth-order valence-corrected chi connectivity index (χ4v) is 2.00. The summed E-state index contributed by atoms with van der Waals surface area (Å²) in [5.74, 6) is 0.807. The van der Waals surface area contributed by atoms with E-state index in [9.17, 15) is 0 Å². The summed E-state index contributed by atoms with van der Waals surface area (Å²) in [6.07, 6.45) is 2.76. The van der Waals surface area contributed by atoms with Gasteiger partial charge in [-0.25, -0.2) is 0 Å². The highest BCUT2D eigenvalue weighted by Gasteiger charge is 2.01. The number of aromatic nitrogens is 1. The summed E-state index contributed by atoms with van der Waals surface area (Å²) < 4.78 is 5.65. The molecule has 0 saturated carbocycles. The predicted molar refractivity (Wildman–Crippen MR) is 81.8 cm³/mol. The van der Waals surface area contributed by atoms with E-state index < -0.39 is 0 Å². The van der Waals surface area contributed by atoms with Crippen LogP contribution in [0, 0.1) is 11.3 Å². The summed E-state index contributed by atoms with van der Waals surface area (Å²) in [6.45, 7) is 2.46. The van der Waals surface area contributed by atoms with Crippen molar-refractivity contribution in [2.75, 3.05) is 20.2 Å². The predicted octanol–water partition coefficient (Wildman–Crippen LogP) is 2.85. The highest BCUT2D eigenvalue weighted by atomic mass is 16.5. The van der Waals surface area contributed by atoms with Crippen LogP contribution in [0.3, 0.4) is 0 Å². The first-order chi connectivity index (χ1) is 10.3. The van der Waals surface area contributed by atoms with Crippen LogP contribution < -0.4 is 4.74 Å². The lowest BCUT2D eigenvalue weighted by atomic mass is 10.2. The summed E-state index contributed by atoms with van der Waals surface area (Å²) in [7, 11) is 2.08. The number of pyridine rings is 1. The topological polar surface area (TPSA) is 49.1 Å². The van der Waals surface area contributed by atoms with Crippen LogP contribution in [0.4, 0.5) is 0 Å². The molecule has 0 atom stereocenters. The molecular weight excluding hydrogens is 262 g/mol. The monoisotopic (exact) mass is 281 g/mol. The quantitative estimate of drug-likeness (QED) is 0.732. The maximum atomic E-state index is 8.72. The Labute approximate surface area is 125 Å². The molecule has 0 aliphatic carbocycles. The van der Waals surface area contributed by atoms with Crippen molar-refractivity contribution in [3.05, 3.63) is 59.9 Å². The molecule has 0 unspecified atom stereocenters. The molecule has 2 rings (SSSR count). The average molecular weight is 281 g/mol. The van der Waals surface area contributed by atoms with Crippen LogP contribution >= 0.6 is 0 Å². The van der Waals surface area contributed by atoms with Gasteiger partial charge in [0.2, 0.25) is 0 Å². The van der Waals surface area contributed by atoms with Crippen LogP contribution in [-0.4, -0.2) is 30.1 Å². The van der Waals surface area contributed by atoms with Crippen molar-refractivity contribution in [1.82, 2.24) is 9.88 Å². The molecule has 1 aromatic carbocycles. The number of hydrogen-bond acceptors (Lipinski definition) is 4. The first-order valence-electron chi connectivity index (χ1n) is 6.99. The van der Waals surface area contributed by atoms with E-state index in [1.807, 2.05) is 36.5 Å². The highest BCUT2D eigenvalue weighted by Crippen LogP contribution is 2.11. The minimum atomic E-state index is 0.650. The van der Waals surface area contributed by atoms with E-state index >= 15 is 0 Å². The van der Waals surface area contributed by atoms with Crippen molar-refractivity contribution in [3.8, 4) is 11.8 Å². The number of rotatable bonds is 7. The molecule has 0 fully saturated rings. The third kappa shape index (κ3) is 5.25. The van der Waals surface area contributed by atoms with Gasteiger partial charge in [0.15, 0.2) is 0 Å². The molecule has 0 aliphatic rings. The number of benzene rings is 1. The van der Waals surface area contributed by atoms with Gasteiger partial charge in [0.1, 0.15) is 5.75 Å². The average Bonchev–Trinajstić information content (AvgIpc) is 2.53. The van der Waals surface area contributed by atoms with E-state index in [0.717, 1.165) is 31.0 Å². The fraction of sp³-hybridized carbons (Fsp3) is 0.294. The Kier molecular flexibility index (Phi) is 5.74. The van der Waals surface area contributed by atoms with E-state index in [-0.39, 0.29) is 0 Å². The summed E-state index contributed by atoms with van der Waals surface area (Å²) in [4.78, 5) is 6.54.